The summed E-state index contributed by atoms with van der Waals surface area (Å²) in [5.41, 5.74) is 3.21. The zero-order valence-corrected chi connectivity index (χ0v) is 11.3. The summed E-state index contributed by atoms with van der Waals surface area (Å²) in [6, 6.07) is 5.97. The molecule has 100 valence electrons. The number of aromatic nitrogens is 1. The fraction of sp³-hybridized carbons (Fsp3) is 0.538. The van der Waals surface area contributed by atoms with Crippen LogP contribution in [0.2, 0.25) is 0 Å². The van der Waals surface area contributed by atoms with E-state index in [-0.39, 0.29) is 17.9 Å². The summed E-state index contributed by atoms with van der Waals surface area (Å²) in [5.74, 6) is 4.88. The predicted molar refractivity (Wildman–Crippen MR) is 71.3 cm³/mol. The lowest BCUT2D eigenvalue weighted by Crippen LogP contribution is -2.45. The van der Waals surface area contributed by atoms with Crippen LogP contribution in [0.5, 0.6) is 0 Å². The monoisotopic (exact) mass is 250 g/mol. The summed E-state index contributed by atoms with van der Waals surface area (Å²) in [4.78, 5) is 18.1. The molecule has 0 fully saturated rings. The van der Waals surface area contributed by atoms with Gasteiger partial charge in [0.1, 0.15) is 0 Å². The van der Waals surface area contributed by atoms with Crippen molar-refractivity contribution in [2.24, 2.45) is 11.8 Å². The first-order valence-corrected chi connectivity index (χ1v) is 6.24. The number of amides is 1. The van der Waals surface area contributed by atoms with Gasteiger partial charge in [-0.15, -0.1) is 0 Å². The number of rotatable bonds is 6. The number of pyridine rings is 1. The van der Waals surface area contributed by atoms with E-state index in [1.54, 1.807) is 6.20 Å². The first-order valence-electron chi connectivity index (χ1n) is 6.24. The van der Waals surface area contributed by atoms with Gasteiger partial charge in [-0.1, -0.05) is 19.9 Å². The quantitative estimate of drug-likeness (QED) is 0.447. The molecular weight excluding hydrogens is 228 g/mol. The van der Waals surface area contributed by atoms with Gasteiger partial charge in [0, 0.05) is 18.8 Å². The van der Waals surface area contributed by atoms with Crippen LogP contribution in [0.25, 0.3) is 0 Å². The topological polar surface area (TPSA) is 71.2 Å². The Bertz CT molecular complexity index is 369. The van der Waals surface area contributed by atoms with Crippen LogP contribution in [-0.2, 0) is 11.3 Å². The Morgan fingerprint density at radius 1 is 1.50 bits per heavy atom. The molecule has 3 N–H and O–H groups in total. The highest BCUT2D eigenvalue weighted by atomic mass is 16.2. The van der Waals surface area contributed by atoms with E-state index in [4.69, 9.17) is 5.84 Å². The molecule has 1 aromatic heterocycles. The highest BCUT2D eigenvalue weighted by molar-refractivity contribution is 5.78. The number of nitrogens with one attached hydrogen (secondary N) is 1. The Kier molecular flexibility index (Phi) is 5.74. The van der Waals surface area contributed by atoms with E-state index in [2.05, 4.69) is 22.2 Å². The van der Waals surface area contributed by atoms with Crippen molar-refractivity contribution in [1.82, 2.24) is 15.3 Å². The third-order valence-corrected chi connectivity index (χ3v) is 3.35. The van der Waals surface area contributed by atoms with Crippen LogP contribution in [-0.4, -0.2) is 28.4 Å². The minimum atomic E-state index is -0.154. The summed E-state index contributed by atoms with van der Waals surface area (Å²) in [7, 11) is 0. The third-order valence-electron chi connectivity index (χ3n) is 3.35. The van der Waals surface area contributed by atoms with Gasteiger partial charge in [0.05, 0.1) is 11.6 Å². The zero-order chi connectivity index (χ0) is 13.5. The molecule has 0 aliphatic heterocycles. The molecule has 0 spiro atoms. The number of hydrogen-bond donors (Lipinski definition) is 2. The fourth-order valence-electron chi connectivity index (χ4n) is 1.91. The number of carbonyl (C=O) groups is 1. The van der Waals surface area contributed by atoms with Crippen molar-refractivity contribution in [2.75, 3.05) is 6.54 Å². The Morgan fingerprint density at radius 2 is 2.22 bits per heavy atom. The van der Waals surface area contributed by atoms with Crippen LogP contribution in [0.4, 0.5) is 0 Å². The number of carbonyl (C=O) groups excluding carboxylic acids is 1. The molecule has 5 heteroatoms. The molecule has 0 bridgehead atoms. The molecule has 0 saturated carbocycles. The molecule has 18 heavy (non-hydrogen) atoms. The second-order valence-corrected chi connectivity index (χ2v) is 4.42. The lowest BCUT2D eigenvalue weighted by Gasteiger charge is -2.31. The first kappa shape index (κ1) is 14.6. The van der Waals surface area contributed by atoms with Gasteiger partial charge < -0.3 is 0 Å². The lowest BCUT2D eigenvalue weighted by atomic mass is 10.0. The molecule has 1 rings (SSSR count). The van der Waals surface area contributed by atoms with E-state index < -0.39 is 0 Å². The van der Waals surface area contributed by atoms with Crippen molar-refractivity contribution in [3.05, 3.63) is 30.1 Å². The average Bonchev–Trinajstić information content (AvgIpc) is 2.43. The Hall–Kier alpha value is -1.46. The smallest absolute Gasteiger partial charge is 0.238 e. The van der Waals surface area contributed by atoms with Crippen LogP contribution in [0.1, 0.15) is 26.5 Å². The van der Waals surface area contributed by atoms with Gasteiger partial charge in [0.15, 0.2) is 0 Å². The summed E-state index contributed by atoms with van der Waals surface area (Å²) < 4.78 is 0. The van der Waals surface area contributed by atoms with E-state index in [0.717, 1.165) is 18.8 Å². The van der Waals surface area contributed by atoms with Gasteiger partial charge in [-0.2, -0.15) is 0 Å². The van der Waals surface area contributed by atoms with Crippen LogP contribution in [0.3, 0.4) is 0 Å². The van der Waals surface area contributed by atoms with Gasteiger partial charge in [0.2, 0.25) is 5.91 Å². The van der Waals surface area contributed by atoms with E-state index in [1.165, 1.54) is 0 Å². The molecule has 0 aliphatic carbocycles. The number of nitrogens with two attached hydrogens (primary N) is 1. The van der Waals surface area contributed by atoms with Crippen molar-refractivity contribution in [1.29, 1.82) is 0 Å². The van der Waals surface area contributed by atoms with E-state index in [0.29, 0.717) is 0 Å². The van der Waals surface area contributed by atoms with Gasteiger partial charge in [-0.3, -0.25) is 20.1 Å². The Balaban J connectivity index is 2.68. The Morgan fingerprint density at radius 3 is 2.72 bits per heavy atom. The fourth-order valence-corrected chi connectivity index (χ4v) is 1.91. The second kappa shape index (κ2) is 7.08. The molecule has 0 aromatic carbocycles. The molecule has 1 amide bonds. The zero-order valence-electron chi connectivity index (χ0n) is 11.3. The van der Waals surface area contributed by atoms with Crippen molar-refractivity contribution in [3.8, 4) is 0 Å². The van der Waals surface area contributed by atoms with Crippen LogP contribution >= 0.6 is 0 Å². The molecule has 0 radical (unpaired) electrons. The summed E-state index contributed by atoms with van der Waals surface area (Å²) in [6.07, 6.45) is 1.78. The first-order chi connectivity index (χ1) is 8.60. The van der Waals surface area contributed by atoms with Gasteiger partial charge in [0.25, 0.3) is 0 Å². The molecule has 1 heterocycles. The van der Waals surface area contributed by atoms with Crippen molar-refractivity contribution in [2.45, 2.75) is 33.4 Å². The Labute approximate surface area is 108 Å². The van der Waals surface area contributed by atoms with Crippen molar-refractivity contribution < 1.29 is 4.79 Å². The number of hydrazine groups is 1. The van der Waals surface area contributed by atoms with Crippen LogP contribution in [0.15, 0.2) is 24.4 Å². The third kappa shape index (κ3) is 3.78. The SMILES string of the molecule is CCN(Cc1ccccn1)C(C)C(C)C(=O)NN. The van der Waals surface area contributed by atoms with Crippen molar-refractivity contribution in [3.63, 3.8) is 0 Å². The molecule has 0 saturated heterocycles. The summed E-state index contributed by atoms with van der Waals surface area (Å²) in [6.45, 7) is 7.59. The second-order valence-electron chi connectivity index (χ2n) is 4.42. The predicted octanol–water partition coefficient (Wildman–Crippen LogP) is 0.918. The van der Waals surface area contributed by atoms with Crippen LogP contribution < -0.4 is 11.3 Å². The normalized spacial score (nSPS) is 14.3. The van der Waals surface area contributed by atoms with E-state index in [9.17, 15) is 4.79 Å². The molecule has 1 aromatic rings. The standard InChI is InChI=1S/C13H22N4O/c1-4-17(9-12-7-5-6-8-15-12)11(3)10(2)13(18)16-14/h5-8,10-11H,4,9,14H2,1-3H3,(H,16,18). The molecule has 0 aliphatic rings. The van der Waals surface area contributed by atoms with Gasteiger partial charge in [-0.05, 0) is 25.6 Å². The highest BCUT2D eigenvalue weighted by Gasteiger charge is 2.24. The number of hydrogen-bond acceptors (Lipinski definition) is 4. The van der Waals surface area contributed by atoms with Crippen molar-refractivity contribution >= 4 is 5.91 Å². The van der Waals surface area contributed by atoms with Gasteiger partial charge in [-0.25, -0.2) is 5.84 Å². The minimum absolute atomic E-state index is 0.112. The molecule has 2 unspecified atom stereocenters. The lowest BCUT2D eigenvalue weighted by molar-refractivity contribution is -0.126. The highest BCUT2D eigenvalue weighted by Crippen LogP contribution is 2.13. The maximum absolute atomic E-state index is 11.5. The molecule has 5 nitrogen and oxygen atoms in total. The summed E-state index contributed by atoms with van der Waals surface area (Å²) >= 11 is 0. The largest absolute Gasteiger partial charge is 0.294 e. The minimum Gasteiger partial charge on any atom is -0.294 e. The summed E-state index contributed by atoms with van der Waals surface area (Å²) in [5, 5.41) is 0. The molecular formula is C13H22N4O. The maximum Gasteiger partial charge on any atom is 0.238 e. The number of nitrogens with zero attached hydrogens (tertiary/aromatic N) is 2. The van der Waals surface area contributed by atoms with Crippen LogP contribution in [0, 0.1) is 5.92 Å². The van der Waals surface area contributed by atoms with Gasteiger partial charge >= 0.3 is 0 Å². The molecule has 2 atom stereocenters. The van der Waals surface area contributed by atoms with E-state index in [1.807, 2.05) is 32.0 Å². The van der Waals surface area contributed by atoms with E-state index >= 15 is 0 Å². The average molecular weight is 250 g/mol. The maximum atomic E-state index is 11.5.